The molecule has 0 saturated carbocycles. The molecule has 2 rings (SSSR count). The van der Waals surface area contributed by atoms with E-state index in [0.29, 0.717) is 23.1 Å². The second-order valence-corrected chi connectivity index (χ2v) is 6.74. The molecule has 29 heavy (non-hydrogen) atoms. The van der Waals surface area contributed by atoms with Gasteiger partial charge in [-0.3, -0.25) is 14.6 Å². The lowest BCUT2D eigenvalue weighted by Crippen LogP contribution is -2.46. The molecular formula is C19H25Cl3N4O3. The molecule has 2 amide bonds. The van der Waals surface area contributed by atoms with Crippen molar-refractivity contribution >= 4 is 53.9 Å². The summed E-state index contributed by atoms with van der Waals surface area (Å²) in [6.07, 6.45) is 3.40. The Morgan fingerprint density at radius 3 is 2.55 bits per heavy atom. The van der Waals surface area contributed by atoms with Gasteiger partial charge in [-0.15, -0.1) is 24.8 Å². The van der Waals surface area contributed by atoms with Crippen LogP contribution in [-0.4, -0.2) is 29.4 Å². The molecule has 4 N–H and O–H groups in total. The summed E-state index contributed by atoms with van der Waals surface area (Å²) < 4.78 is 5.65. The predicted molar refractivity (Wildman–Crippen MR) is 119 cm³/mol. The summed E-state index contributed by atoms with van der Waals surface area (Å²) in [5.41, 5.74) is 7.15. The first-order chi connectivity index (χ1) is 12.9. The number of carbonyl (C=O) groups is 2. The Kier molecular flexibility index (Phi) is 12.3. The van der Waals surface area contributed by atoms with E-state index >= 15 is 0 Å². The van der Waals surface area contributed by atoms with E-state index in [0.717, 1.165) is 5.56 Å². The van der Waals surface area contributed by atoms with Gasteiger partial charge in [0.15, 0.2) is 0 Å². The molecule has 160 valence electrons. The van der Waals surface area contributed by atoms with Gasteiger partial charge in [-0.05, 0) is 30.2 Å². The molecule has 0 bridgehead atoms. The minimum absolute atomic E-state index is 0. The highest BCUT2D eigenvalue weighted by molar-refractivity contribution is 6.32. The smallest absolute Gasteiger partial charge is 0.243 e. The van der Waals surface area contributed by atoms with Crippen LogP contribution in [0.1, 0.15) is 19.4 Å². The molecule has 0 aliphatic heterocycles. The van der Waals surface area contributed by atoms with Crippen LogP contribution in [0.15, 0.2) is 42.7 Å². The van der Waals surface area contributed by atoms with E-state index in [1.165, 1.54) is 0 Å². The van der Waals surface area contributed by atoms with Crippen LogP contribution in [0.25, 0.3) is 0 Å². The van der Waals surface area contributed by atoms with Crippen molar-refractivity contribution in [2.24, 2.45) is 11.7 Å². The molecule has 1 heterocycles. The van der Waals surface area contributed by atoms with Crippen molar-refractivity contribution in [3.05, 3.63) is 53.3 Å². The fraction of sp³-hybridized carbons (Fsp3) is 0.316. The van der Waals surface area contributed by atoms with Crippen LogP contribution in [0.5, 0.6) is 5.75 Å². The molecule has 0 fully saturated rings. The standard InChI is InChI=1S/C19H23ClN4O3.2ClH/c1-12(2)18(21)19(26)23-10-17(25)24-14-5-6-16(15(20)8-14)27-11-13-4-3-7-22-9-13;;/h3-9,12,18H,10-11,21H2,1-2H3,(H,23,26)(H,24,25);2*1H/t18-;;/m0../s1. The van der Waals surface area contributed by atoms with Gasteiger partial charge in [0.05, 0.1) is 17.6 Å². The Hall–Kier alpha value is -2.06. The van der Waals surface area contributed by atoms with Crippen LogP contribution in [0.4, 0.5) is 5.69 Å². The summed E-state index contributed by atoms with van der Waals surface area (Å²) in [7, 11) is 0. The highest BCUT2D eigenvalue weighted by Crippen LogP contribution is 2.28. The van der Waals surface area contributed by atoms with Crippen LogP contribution in [0.2, 0.25) is 5.02 Å². The van der Waals surface area contributed by atoms with Gasteiger partial charge >= 0.3 is 0 Å². The van der Waals surface area contributed by atoms with E-state index < -0.39 is 6.04 Å². The Morgan fingerprint density at radius 2 is 1.97 bits per heavy atom. The first kappa shape index (κ1) is 26.9. The maximum Gasteiger partial charge on any atom is 0.243 e. The SMILES string of the molecule is CC(C)[C@H](N)C(=O)NCC(=O)Nc1ccc(OCc2cccnc2)c(Cl)c1.Cl.Cl. The highest BCUT2D eigenvalue weighted by atomic mass is 35.5. The zero-order valence-corrected chi connectivity index (χ0v) is 18.4. The molecule has 0 spiro atoms. The molecule has 0 unspecified atom stereocenters. The summed E-state index contributed by atoms with van der Waals surface area (Å²) in [6, 6.07) is 8.00. The predicted octanol–water partition coefficient (Wildman–Crippen LogP) is 3.20. The maximum absolute atomic E-state index is 12.0. The number of amides is 2. The van der Waals surface area contributed by atoms with Gasteiger partial charge in [-0.2, -0.15) is 0 Å². The van der Waals surface area contributed by atoms with E-state index in [-0.39, 0.29) is 49.1 Å². The molecule has 7 nitrogen and oxygen atoms in total. The summed E-state index contributed by atoms with van der Waals surface area (Å²) in [6.45, 7) is 3.84. The number of nitrogens with zero attached hydrogens (tertiary/aromatic N) is 1. The number of carbonyl (C=O) groups excluding carboxylic acids is 2. The van der Waals surface area contributed by atoms with Crippen LogP contribution in [0.3, 0.4) is 0 Å². The number of nitrogens with two attached hydrogens (primary N) is 1. The number of hydrogen-bond donors (Lipinski definition) is 3. The Labute approximate surface area is 187 Å². The van der Waals surface area contributed by atoms with Crippen molar-refractivity contribution in [1.29, 1.82) is 0 Å². The second-order valence-electron chi connectivity index (χ2n) is 6.33. The van der Waals surface area contributed by atoms with Crippen molar-refractivity contribution in [2.75, 3.05) is 11.9 Å². The Bertz CT molecular complexity index is 792. The van der Waals surface area contributed by atoms with Gasteiger partial charge in [-0.1, -0.05) is 31.5 Å². The van der Waals surface area contributed by atoms with E-state index in [2.05, 4.69) is 15.6 Å². The number of ether oxygens (including phenoxy) is 1. The minimum atomic E-state index is -0.650. The average Bonchev–Trinajstić information content (AvgIpc) is 2.65. The first-order valence-electron chi connectivity index (χ1n) is 8.51. The summed E-state index contributed by atoms with van der Waals surface area (Å²) >= 11 is 6.20. The lowest BCUT2D eigenvalue weighted by molar-refractivity contribution is -0.125. The zero-order chi connectivity index (χ0) is 19.8. The third-order valence-electron chi connectivity index (χ3n) is 3.78. The zero-order valence-electron chi connectivity index (χ0n) is 16.1. The molecule has 10 heteroatoms. The van der Waals surface area contributed by atoms with Crippen molar-refractivity contribution in [3.8, 4) is 5.75 Å². The van der Waals surface area contributed by atoms with Crippen LogP contribution in [0, 0.1) is 5.92 Å². The number of rotatable bonds is 8. The number of halogens is 3. The molecule has 1 aromatic carbocycles. The molecule has 0 radical (unpaired) electrons. The van der Waals surface area contributed by atoms with Gasteiger partial charge in [-0.25, -0.2) is 0 Å². The summed E-state index contributed by atoms with van der Waals surface area (Å²) in [5.74, 6) is -0.252. The number of aromatic nitrogens is 1. The van der Waals surface area contributed by atoms with E-state index in [1.54, 1.807) is 30.6 Å². The van der Waals surface area contributed by atoms with Gasteiger partial charge in [0.25, 0.3) is 0 Å². The van der Waals surface area contributed by atoms with Crippen LogP contribution < -0.4 is 21.1 Å². The Morgan fingerprint density at radius 1 is 1.24 bits per heavy atom. The number of pyridine rings is 1. The van der Waals surface area contributed by atoms with Crippen molar-refractivity contribution in [1.82, 2.24) is 10.3 Å². The quantitative estimate of drug-likeness (QED) is 0.557. The minimum Gasteiger partial charge on any atom is -0.487 e. The number of anilines is 1. The number of benzene rings is 1. The molecule has 0 aliphatic rings. The molecule has 1 aromatic heterocycles. The molecule has 2 aromatic rings. The molecule has 0 saturated heterocycles. The average molecular weight is 464 g/mol. The molecule has 0 aliphatic carbocycles. The van der Waals surface area contributed by atoms with E-state index in [9.17, 15) is 9.59 Å². The van der Waals surface area contributed by atoms with Crippen LogP contribution >= 0.6 is 36.4 Å². The topological polar surface area (TPSA) is 106 Å². The van der Waals surface area contributed by atoms with E-state index in [1.807, 2.05) is 26.0 Å². The van der Waals surface area contributed by atoms with Crippen molar-refractivity contribution in [2.45, 2.75) is 26.5 Å². The normalized spacial score (nSPS) is 10.9. The maximum atomic E-state index is 12.0. The van der Waals surface area contributed by atoms with Crippen LogP contribution in [-0.2, 0) is 16.2 Å². The second kappa shape index (κ2) is 13.2. The van der Waals surface area contributed by atoms with Gasteiger partial charge < -0.3 is 21.1 Å². The fourth-order valence-electron chi connectivity index (χ4n) is 2.13. The summed E-state index contributed by atoms with van der Waals surface area (Å²) in [4.78, 5) is 27.8. The first-order valence-corrected chi connectivity index (χ1v) is 8.89. The van der Waals surface area contributed by atoms with Crippen molar-refractivity contribution < 1.29 is 14.3 Å². The van der Waals surface area contributed by atoms with Gasteiger partial charge in [0.1, 0.15) is 12.4 Å². The summed E-state index contributed by atoms with van der Waals surface area (Å²) in [5, 5.41) is 5.53. The molecular weight excluding hydrogens is 439 g/mol. The Balaban J connectivity index is 0.00000392. The monoisotopic (exact) mass is 462 g/mol. The lowest BCUT2D eigenvalue weighted by atomic mass is 10.1. The van der Waals surface area contributed by atoms with Crippen molar-refractivity contribution in [3.63, 3.8) is 0 Å². The number of hydrogen-bond acceptors (Lipinski definition) is 5. The number of nitrogens with one attached hydrogen (secondary N) is 2. The third-order valence-corrected chi connectivity index (χ3v) is 4.07. The lowest BCUT2D eigenvalue weighted by Gasteiger charge is -2.15. The largest absolute Gasteiger partial charge is 0.487 e. The highest BCUT2D eigenvalue weighted by Gasteiger charge is 2.17. The third kappa shape index (κ3) is 8.87. The van der Waals surface area contributed by atoms with E-state index in [4.69, 9.17) is 22.1 Å². The van der Waals surface area contributed by atoms with Gasteiger partial charge in [0, 0.05) is 23.6 Å². The van der Waals surface area contributed by atoms with Gasteiger partial charge in [0.2, 0.25) is 11.8 Å². The molecule has 1 atom stereocenters. The fourth-order valence-corrected chi connectivity index (χ4v) is 2.37.